The third-order valence-electron chi connectivity index (χ3n) is 3.98. The molecule has 1 heterocycles. The van der Waals surface area contributed by atoms with Crippen LogP contribution in [0.2, 0.25) is 0 Å². The van der Waals surface area contributed by atoms with Crippen molar-refractivity contribution in [2.24, 2.45) is 0 Å². The average molecular weight is 400 g/mol. The Morgan fingerprint density at radius 3 is 2.31 bits per heavy atom. The van der Waals surface area contributed by atoms with E-state index in [1.165, 1.54) is 26.4 Å². The van der Waals surface area contributed by atoms with Gasteiger partial charge in [0.1, 0.15) is 6.07 Å². The lowest BCUT2D eigenvalue weighted by atomic mass is 10.3. The summed E-state index contributed by atoms with van der Waals surface area (Å²) in [7, 11) is -5.23. The summed E-state index contributed by atoms with van der Waals surface area (Å²) in [5, 5.41) is 9.65. The standard InChI is InChI=1S/C16H21N2O6PS/c1-22-25(19,23-2)13-15(18-8-10-24-11-9-18)16(12-17)26(20,21)14-6-4-3-5-7-14/h3-7H,8-11,13H2,1-2H3. The van der Waals surface area contributed by atoms with E-state index in [0.717, 1.165) is 0 Å². The molecule has 0 radical (unpaired) electrons. The first-order valence-corrected chi connectivity index (χ1v) is 11.1. The van der Waals surface area contributed by atoms with Crippen molar-refractivity contribution in [1.82, 2.24) is 4.90 Å². The Balaban J connectivity index is 2.62. The van der Waals surface area contributed by atoms with Crippen molar-refractivity contribution in [2.45, 2.75) is 4.90 Å². The predicted octanol–water partition coefficient (Wildman–Crippen LogP) is 2.01. The first kappa shape index (κ1) is 20.6. The summed E-state index contributed by atoms with van der Waals surface area (Å²) in [6, 6.07) is 9.44. The number of hydrogen-bond acceptors (Lipinski definition) is 8. The highest BCUT2D eigenvalue weighted by atomic mass is 32.2. The van der Waals surface area contributed by atoms with Gasteiger partial charge in [0.15, 0.2) is 4.91 Å². The van der Waals surface area contributed by atoms with Crippen LogP contribution in [0, 0.1) is 11.3 Å². The molecule has 1 aromatic rings. The molecular weight excluding hydrogens is 379 g/mol. The van der Waals surface area contributed by atoms with E-state index in [9.17, 15) is 18.2 Å². The lowest BCUT2D eigenvalue weighted by Crippen LogP contribution is -2.38. The molecule has 0 saturated carbocycles. The van der Waals surface area contributed by atoms with Gasteiger partial charge < -0.3 is 18.7 Å². The monoisotopic (exact) mass is 400 g/mol. The minimum atomic E-state index is -4.08. The average Bonchev–Trinajstić information content (AvgIpc) is 2.69. The van der Waals surface area contributed by atoms with E-state index in [-0.39, 0.29) is 16.8 Å². The summed E-state index contributed by atoms with van der Waals surface area (Å²) in [6.07, 6.45) is -0.324. The molecule has 0 aromatic heterocycles. The van der Waals surface area contributed by atoms with Gasteiger partial charge in [0.25, 0.3) is 0 Å². The number of allylic oxidation sites excluding steroid dienone is 2. The fourth-order valence-corrected chi connectivity index (χ4v) is 5.15. The molecule has 10 heteroatoms. The number of rotatable bonds is 7. The Labute approximate surface area is 153 Å². The van der Waals surface area contributed by atoms with Gasteiger partial charge in [0.2, 0.25) is 9.84 Å². The topological polar surface area (TPSA) is 106 Å². The second kappa shape index (κ2) is 8.80. The number of morpholine rings is 1. The first-order valence-electron chi connectivity index (χ1n) is 7.84. The number of nitrogens with zero attached hydrogens (tertiary/aromatic N) is 2. The molecule has 1 aliphatic heterocycles. The van der Waals surface area contributed by atoms with Crippen LogP contribution in [0.5, 0.6) is 0 Å². The van der Waals surface area contributed by atoms with E-state index in [1.807, 2.05) is 0 Å². The number of sulfone groups is 1. The van der Waals surface area contributed by atoms with E-state index in [4.69, 9.17) is 13.8 Å². The molecule has 26 heavy (non-hydrogen) atoms. The zero-order chi connectivity index (χ0) is 19.2. The van der Waals surface area contributed by atoms with Crippen LogP contribution in [-0.2, 0) is 28.2 Å². The summed E-state index contributed by atoms with van der Waals surface area (Å²) in [5.41, 5.74) is 0.117. The number of nitriles is 1. The number of ether oxygens (including phenoxy) is 1. The van der Waals surface area contributed by atoms with E-state index >= 15 is 0 Å². The Morgan fingerprint density at radius 1 is 1.23 bits per heavy atom. The summed E-state index contributed by atoms with van der Waals surface area (Å²) in [4.78, 5) is 1.22. The maximum Gasteiger partial charge on any atom is 0.336 e. The Morgan fingerprint density at radius 2 is 1.81 bits per heavy atom. The fraction of sp³-hybridized carbons (Fsp3) is 0.438. The molecule has 2 rings (SSSR count). The van der Waals surface area contributed by atoms with Crippen LogP contribution in [0.25, 0.3) is 0 Å². The quantitative estimate of drug-likeness (QED) is 0.505. The van der Waals surface area contributed by atoms with Crippen molar-refractivity contribution in [3.05, 3.63) is 40.9 Å². The van der Waals surface area contributed by atoms with Gasteiger partial charge in [-0.25, -0.2) is 8.42 Å². The minimum Gasteiger partial charge on any atom is -0.378 e. The van der Waals surface area contributed by atoms with Crippen molar-refractivity contribution in [3.8, 4) is 6.07 Å². The maximum absolute atomic E-state index is 13.0. The summed E-state index contributed by atoms with van der Waals surface area (Å²) in [5.74, 6) is 0. The molecule has 0 bridgehead atoms. The van der Waals surface area contributed by atoms with Crippen molar-refractivity contribution in [2.75, 3.05) is 46.7 Å². The van der Waals surface area contributed by atoms with Gasteiger partial charge in [0, 0.05) is 27.3 Å². The molecule has 1 saturated heterocycles. The van der Waals surface area contributed by atoms with E-state index in [0.29, 0.717) is 26.3 Å². The SMILES string of the molecule is COP(=O)(CC(=C(C#N)S(=O)(=O)c1ccccc1)N1CCOCC1)OC. The molecule has 0 unspecified atom stereocenters. The lowest BCUT2D eigenvalue weighted by molar-refractivity contribution is 0.0534. The molecular formula is C16H21N2O6PS. The van der Waals surface area contributed by atoms with Gasteiger partial charge in [-0.05, 0) is 12.1 Å². The van der Waals surface area contributed by atoms with E-state index < -0.39 is 22.3 Å². The van der Waals surface area contributed by atoms with E-state index in [2.05, 4.69) is 0 Å². The zero-order valence-corrected chi connectivity index (χ0v) is 16.3. The van der Waals surface area contributed by atoms with Crippen LogP contribution in [0.4, 0.5) is 0 Å². The fourth-order valence-electron chi connectivity index (χ4n) is 2.53. The molecule has 1 fully saturated rings. The van der Waals surface area contributed by atoms with Crippen molar-refractivity contribution >= 4 is 17.4 Å². The number of benzene rings is 1. The smallest absolute Gasteiger partial charge is 0.336 e. The van der Waals surface area contributed by atoms with Gasteiger partial charge in [-0.1, -0.05) is 18.2 Å². The minimum absolute atomic E-state index is 0.00743. The van der Waals surface area contributed by atoms with Crippen LogP contribution in [0.15, 0.2) is 45.8 Å². The van der Waals surface area contributed by atoms with Gasteiger partial charge in [-0.3, -0.25) is 4.57 Å². The lowest BCUT2D eigenvalue weighted by Gasteiger charge is -2.32. The highest BCUT2D eigenvalue weighted by molar-refractivity contribution is 7.95. The second-order valence-electron chi connectivity index (χ2n) is 5.44. The molecule has 8 nitrogen and oxygen atoms in total. The highest BCUT2D eigenvalue weighted by Gasteiger charge is 2.34. The molecule has 1 aromatic carbocycles. The van der Waals surface area contributed by atoms with Gasteiger partial charge in [0.05, 0.1) is 30.0 Å². The zero-order valence-electron chi connectivity index (χ0n) is 14.6. The van der Waals surface area contributed by atoms with Crippen molar-refractivity contribution in [1.29, 1.82) is 5.26 Å². The Bertz CT molecular complexity index is 833. The molecule has 0 spiro atoms. The molecule has 0 aliphatic carbocycles. The molecule has 0 atom stereocenters. The predicted molar refractivity (Wildman–Crippen MR) is 95.2 cm³/mol. The van der Waals surface area contributed by atoms with Crippen molar-refractivity contribution < 1.29 is 26.8 Å². The van der Waals surface area contributed by atoms with Gasteiger partial charge in [-0.2, -0.15) is 5.26 Å². The van der Waals surface area contributed by atoms with Crippen molar-refractivity contribution in [3.63, 3.8) is 0 Å². The first-order chi connectivity index (χ1) is 12.4. The van der Waals surface area contributed by atoms with Crippen LogP contribution in [0.1, 0.15) is 0 Å². The molecule has 1 aliphatic rings. The Hall–Kier alpha value is -1.69. The van der Waals surface area contributed by atoms with Crippen LogP contribution >= 0.6 is 7.60 Å². The summed E-state index contributed by atoms with van der Waals surface area (Å²) >= 11 is 0. The second-order valence-corrected chi connectivity index (χ2v) is 9.59. The molecule has 0 amide bonds. The Kier molecular flexibility index (Phi) is 6.98. The molecule has 0 N–H and O–H groups in total. The van der Waals surface area contributed by atoms with Crippen LogP contribution < -0.4 is 0 Å². The van der Waals surface area contributed by atoms with Crippen LogP contribution in [-0.4, -0.2) is 60.0 Å². The van der Waals surface area contributed by atoms with E-state index in [1.54, 1.807) is 29.2 Å². The van der Waals surface area contributed by atoms with Gasteiger partial charge >= 0.3 is 7.60 Å². The third kappa shape index (κ3) is 4.53. The maximum atomic E-state index is 13.0. The summed E-state index contributed by atoms with van der Waals surface area (Å²) < 4.78 is 53.9. The normalized spacial score (nSPS) is 16.7. The van der Waals surface area contributed by atoms with Gasteiger partial charge in [-0.15, -0.1) is 0 Å². The number of hydrogen-bond donors (Lipinski definition) is 0. The largest absolute Gasteiger partial charge is 0.378 e. The third-order valence-corrected chi connectivity index (χ3v) is 7.54. The highest BCUT2D eigenvalue weighted by Crippen LogP contribution is 2.49. The van der Waals surface area contributed by atoms with Crippen LogP contribution in [0.3, 0.4) is 0 Å². The molecule has 142 valence electrons. The summed E-state index contributed by atoms with van der Waals surface area (Å²) in [6.45, 7) is 1.49.